The lowest BCUT2D eigenvalue weighted by Gasteiger charge is -2.31. The number of pyridine rings is 2. The molecule has 5 rings (SSSR count). The van der Waals surface area contributed by atoms with Gasteiger partial charge in [-0.15, -0.1) is 0 Å². The number of benzene rings is 3. The smallest absolute Gasteiger partial charge is 0.142 e. The highest BCUT2D eigenvalue weighted by Gasteiger charge is 2.35. The molecule has 186 valence electrons. The van der Waals surface area contributed by atoms with Crippen molar-refractivity contribution in [1.82, 2.24) is 9.97 Å². The first-order chi connectivity index (χ1) is 18.0. The zero-order valence-electron chi connectivity index (χ0n) is 20.7. The minimum absolute atomic E-state index is 0.450. The number of aliphatic hydroxyl groups is 1. The molecular formula is C31H27Cl2N3O. The van der Waals surface area contributed by atoms with Gasteiger partial charge in [0.2, 0.25) is 0 Å². The van der Waals surface area contributed by atoms with E-state index in [1.54, 1.807) is 24.5 Å². The highest BCUT2D eigenvalue weighted by atomic mass is 35.5. The number of fused-ring (bicyclic) bond motifs is 1. The van der Waals surface area contributed by atoms with Crippen molar-refractivity contribution in [3.63, 3.8) is 0 Å². The van der Waals surface area contributed by atoms with Crippen LogP contribution < -0.4 is 4.90 Å². The summed E-state index contributed by atoms with van der Waals surface area (Å²) in [5, 5.41) is 14.3. The van der Waals surface area contributed by atoms with Crippen LogP contribution in [0.1, 0.15) is 30.5 Å². The van der Waals surface area contributed by atoms with Gasteiger partial charge in [-0.3, -0.25) is 4.98 Å². The molecule has 0 radical (unpaired) electrons. The Labute approximate surface area is 227 Å². The number of hydrogen-bond donors (Lipinski definition) is 1. The second kappa shape index (κ2) is 10.5. The van der Waals surface area contributed by atoms with Gasteiger partial charge >= 0.3 is 0 Å². The highest BCUT2D eigenvalue weighted by Crippen LogP contribution is 2.44. The highest BCUT2D eigenvalue weighted by molar-refractivity contribution is 6.34. The van der Waals surface area contributed by atoms with Crippen LogP contribution in [-0.4, -0.2) is 28.2 Å². The third-order valence-corrected chi connectivity index (χ3v) is 7.30. The molecule has 0 bridgehead atoms. The van der Waals surface area contributed by atoms with E-state index >= 15 is 0 Å². The van der Waals surface area contributed by atoms with E-state index in [9.17, 15) is 5.11 Å². The number of anilines is 1. The lowest BCUT2D eigenvalue weighted by molar-refractivity contribution is 0.125. The van der Waals surface area contributed by atoms with Gasteiger partial charge in [-0.25, -0.2) is 4.98 Å². The fourth-order valence-electron chi connectivity index (χ4n) is 4.96. The number of halogens is 2. The number of nitrogens with zero attached hydrogens (tertiary/aromatic N) is 3. The van der Waals surface area contributed by atoms with Gasteiger partial charge in [-0.1, -0.05) is 77.8 Å². The van der Waals surface area contributed by atoms with E-state index in [4.69, 9.17) is 28.2 Å². The molecule has 0 saturated heterocycles. The third-order valence-electron chi connectivity index (χ3n) is 6.79. The van der Waals surface area contributed by atoms with E-state index in [0.717, 1.165) is 40.8 Å². The van der Waals surface area contributed by atoms with Gasteiger partial charge in [0, 0.05) is 47.0 Å². The predicted molar refractivity (Wildman–Crippen MR) is 154 cm³/mol. The fraction of sp³-hybridized carbons (Fsp3) is 0.161. The predicted octanol–water partition coefficient (Wildman–Crippen LogP) is 7.73. The molecule has 0 fully saturated rings. The summed E-state index contributed by atoms with van der Waals surface area (Å²) in [4.78, 5) is 11.3. The zero-order chi connectivity index (χ0) is 26.0. The Bertz CT molecular complexity index is 1540. The van der Waals surface area contributed by atoms with Crippen molar-refractivity contribution < 1.29 is 5.11 Å². The summed E-state index contributed by atoms with van der Waals surface area (Å²) in [5.74, 6) is 0. The van der Waals surface area contributed by atoms with Gasteiger partial charge in [0.25, 0.3) is 0 Å². The first-order valence-electron chi connectivity index (χ1n) is 12.3. The van der Waals surface area contributed by atoms with Crippen molar-refractivity contribution in [2.45, 2.75) is 19.4 Å². The average Bonchev–Trinajstić information content (AvgIpc) is 2.94. The lowest BCUT2D eigenvalue weighted by Crippen LogP contribution is -2.29. The Morgan fingerprint density at radius 1 is 0.811 bits per heavy atom. The molecule has 0 aliphatic heterocycles. The largest absolute Gasteiger partial charge is 0.376 e. The maximum absolute atomic E-state index is 12.4. The Kier molecular flexibility index (Phi) is 7.16. The molecule has 2 heterocycles. The van der Waals surface area contributed by atoms with Crippen molar-refractivity contribution in [3.05, 3.63) is 124 Å². The lowest BCUT2D eigenvalue weighted by atomic mass is 9.80. The molecular weight excluding hydrogens is 501 g/mol. The van der Waals surface area contributed by atoms with Gasteiger partial charge < -0.3 is 10.0 Å². The Morgan fingerprint density at radius 3 is 2.22 bits per heavy atom. The molecule has 4 nitrogen and oxygen atoms in total. The van der Waals surface area contributed by atoms with Crippen LogP contribution in [0.5, 0.6) is 0 Å². The summed E-state index contributed by atoms with van der Waals surface area (Å²) in [6, 6.07) is 26.9. The Balaban J connectivity index is 1.85. The molecule has 1 unspecified atom stereocenters. The van der Waals surface area contributed by atoms with Crippen LogP contribution in [0.4, 0.5) is 5.69 Å². The van der Waals surface area contributed by atoms with Crippen LogP contribution in [0.15, 0.2) is 97.3 Å². The molecule has 0 spiro atoms. The van der Waals surface area contributed by atoms with Crippen molar-refractivity contribution in [3.8, 4) is 11.1 Å². The van der Waals surface area contributed by atoms with Gasteiger partial charge in [-0.05, 0) is 60.9 Å². The van der Waals surface area contributed by atoms with Crippen molar-refractivity contribution in [2.24, 2.45) is 0 Å². The summed E-state index contributed by atoms with van der Waals surface area (Å²) >= 11 is 13.2. The summed E-state index contributed by atoms with van der Waals surface area (Å²) in [6.07, 6.45) is 3.38. The standard InChI is InChI=1S/C31H27Cl2N3O/c1-3-36(4-2)29-26-19-23(15-16-27(26)35-30(33)28(29)21-10-6-5-7-11-21)31(37,24-13-9-17-34-20-24)22-12-8-14-25(32)18-22/h5-20,37H,3-4H2,1-2H3. The molecule has 0 amide bonds. The zero-order valence-corrected chi connectivity index (χ0v) is 22.2. The number of rotatable bonds is 7. The molecule has 0 aliphatic carbocycles. The minimum Gasteiger partial charge on any atom is -0.376 e. The molecule has 3 aromatic carbocycles. The maximum atomic E-state index is 12.4. The summed E-state index contributed by atoms with van der Waals surface area (Å²) in [7, 11) is 0. The van der Waals surface area contributed by atoms with Crippen molar-refractivity contribution in [2.75, 3.05) is 18.0 Å². The molecule has 5 aromatic rings. The molecule has 6 heteroatoms. The molecule has 0 aliphatic rings. The van der Waals surface area contributed by atoms with Gasteiger partial charge in [0.15, 0.2) is 0 Å². The van der Waals surface area contributed by atoms with E-state index in [2.05, 4.69) is 23.7 Å². The van der Waals surface area contributed by atoms with E-state index in [0.29, 0.717) is 26.9 Å². The molecule has 1 atom stereocenters. The third kappa shape index (κ3) is 4.57. The van der Waals surface area contributed by atoms with E-state index in [1.807, 2.05) is 72.8 Å². The van der Waals surface area contributed by atoms with E-state index in [-0.39, 0.29) is 0 Å². The van der Waals surface area contributed by atoms with Crippen LogP contribution in [-0.2, 0) is 5.60 Å². The SMILES string of the molecule is CCN(CC)c1c(-c2ccccc2)c(Cl)nc2ccc(C(O)(c3cccnc3)c3cccc(Cl)c3)cc12. The molecule has 1 N–H and O–H groups in total. The van der Waals surface area contributed by atoms with Crippen LogP contribution in [0, 0.1) is 0 Å². The quantitative estimate of drug-likeness (QED) is 0.220. The topological polar surface area (TPSA) is 49.2 Å². The summed E-state index contributed by atoms with van der Waals surface area (Å²) < 4.78 is 0. The number of hydrogen-bond acceptors (Lipinski definition) is 4. The van der Waals surface area contributed by atoms with Crippen LogP contribution >= 0.6 is 23.2 Å². The normalized spacial score (nSPS) is 12.9. The van der Waals surface area contributed by atoms with Gasteiger partial charge in [0.1, 0.15) is 10.8 Å². The van der Waals surface area contributed by atoms with Gasteiger partial charge in [0.05, 0.1) is 11.2 Å². The maximum Gasteiger partial charge on any atom is 0.142 e. The van der Waals surface area contributed by atoms with Crippen LogP contribution in [0.2, 0.25) is 10.2 Å². The number of aromatic nitrogens is 2. The first kappa shape index (κ1) is 25.2. The second-order valence-electron chi connectivity index (χ2n) is 8.86. The monoisotopic (exact) mass is 527 g/mol. The van der Waals surface area contributed by atoms with Crippen LogP contribution in [0.25, 0.3) is 22.0 Å². The summed E-state index contributed by atoms with van der Waals surface area (Å²) in [6.45, 7) is 5.83. The molecule has 0 saturated carbocycles. The average molecular weight is 528 g/mol. The minimum atomic E-state index is -1.49. The van der Waals surface area contributed by atoms with Crippen molar-refractivity contribution in [1.29, 1.82) is 0 Å². The first-order valence-corrected chi connectivity index (χ1v) is 13.1. The van der Waals surface area contributed by atoms with Crippen molar-refractivity contribution >= 4 is 39.8 Å². The second-order valence-corrected chi connectivity index (χ2v) is 9.65. The van der Waals surface area contributed by atoms with Crippen LogP contribution in [0.3, 0.4) is 0 Å². The van der Waals surface area contributed by atoms with E-state index in [1.165, 1.54) is 0 Å². The van der Waals surface area contributed by atoms with E-state index < -0.39 is 5.60 Å². The Morgan fingerprint density at radius 2 is 1.54 bits per heavy atom. The fourth-order valence-corrected chi connectivity index (χ4v) is 5.44. The molecule has 37 heavy (non-hydrogen) atoms. The Hall–Kier alpha value is -3.44. The molecule has 2 aromatic heterocycles. The summed E-state index contributed by atoms with van der Waals surface area (Å²) in [5.41, 5.74) is 4.12. The van der Waals surface area contributed by atoms with Gasteiger partial charge in [-0.2, -0.15) is 0 Å².